The molecule has 0 saturated carbocycles. The van der Waals surface area contributed by atoms with Crippen molar-refractivity contribution in [1.82, 2.24) is 4.90 Å². The number of hydrogen-bond donors (Lipinski definition) is 0. The highest BCUT2D eigenvalue weighted by atomic mass is 16.5. The zero-order valence-electron chi connectivity index (χ0n) is 11.4. The fourth-order valence-corrected chi connectivity index (χ4v) is 1.77. The van der Waals surface area contributed by atoms with E-state index in [4.69, 9.17) is 14.2 Å². The van der Waals surface area contributed by atoms with E-state index >= 15 is 0 Å². The first-order chi connectivity index (χ1) is 8.58. The molecule has 1 atom stereocenters. The fraction of sp³-hybridized carbons (Fsp3) is 0.462. The fourth-order valence-electron chi connectivity index (χ4n) is 1.77. The lowest BCUT2D eigenvalue weighted by Crippen LogP contribution is -2.21. The maximum atomic E-state index is 11.1. The lowest BCUT2D eigenvalue weighted by molar-refractivity contribution is -0.111. The van der Waals surface area contributed by atoms with Crippen LogP contribution in [0.15, 0.2) is 12.1 Å². The molecule has 1 aromatic carbocycles. The number of ether oxygens (including phenoxy) is 3. The number of likely N-dealkylation sites (N-methyl/N-ethyl adjacent to an activating group) is 1. The number of rotatable bonds is 6. The van der Waals surface area contributed by atoms with Gasteiger partial charge in [-0.2, -0.15) is 0 Å². The molecule has 1 unspecified atom stereocenters. The highest BCUT2D eigenvalue weighted by Crippen LogP contribution is 2.39. The van der Waals surface area contributed by atoms with Gasteiger partial charge in [-0.15, -0.1) is 0 Å². The molecule has 0 aliphatic carbocycles. The third kappa shape index (κ3) is 2.73. The average Bonchev–Trinajstić information content (AvgIpc) is 2.37. The largest absolute Gasteiger partial charge is 0.493 e. The van der Waals surface area contributed by atoms with Gasteiger partial charge in [-0.25, -0.2) is 0 Å². The standard InChI is InChI=1S/C13H19NO4/c1-14(2)10(8-15)9-6-11(16-3)13(18-5)12(7-9)17-4/h6-8,10H,1-5H3. The molecule has 0 heterocycles. The second kappa shape index (κ2) is 6.26. The molecule has 5 heteroatoms. The van der Waals surface area contributed by atoms with E-state index in [1.165, 1.54) is 0 Å². The van der Waals surface area contributed by atoms with Crippen LogP contribution in [0.25, 0.3) is 0 Å². The highest BCUT2D eigenvalue weighted by molar-refractivity contribution is 5.65. The maximum absolute atomic E-state index is 11.1. The Morgan fingerprint density at radius 1 is 1.06 bits per heavy atom. The molecule has 0 amide bonds. The molecule has 1 rings (SSSR count). The first-order valence-electron chi connectivity index (χ1n) is 5.50. The topological polar surface area (TPSA) is 48.0 Å². The van der Waals surface area contributed by atoms with Gasteiger partial charge in [0.05, 0.1) is 27.4 Å². The minimum atomic E-state index is -0.348. The van der Waals surface area contributed by atoms with E-state index in [-0.39, 0.29) is 6.04 Å². The predicted molar refractivity (Wildman–Crippen MR) is 68.6 cm³/mol. The van der Waals surface area contributed by atoms with Gasteiger partial charge in [0.2, 0.25) is 5.75 Å². The molecule has 5 nitrogen and oxygen atoms in total. The quantitative estimate of drug-likeness (QED) is 0.719. The van der Waals surface area contributed by atoms with E-state index in [9.17, 15) is 4.79 Å². The molecular formula is C13H19NO4. The van der Waals surface area contributed by atoms with Crippen molar-refractivity contribution in [3.05, 3.63) is 17.7 Å². The van der Waals surface area contributed by atoms with E-state index in [1.54, 1.807) is 33.5 Å². The van der Waals surface area contributed by atoms with Crippen LogP contribution >= 0.6 is 0 Å². The summed E-state index contributed by atoms with van der Waals surface area (Å²) in [4.78, 5) is 13.0. The van der Waals surface area contributed by atoms with Crippen molar-refractivity contribution in [2.45, 2.75) is 6.04 Å². The molecule has 18 heavy (non-hydrogen) atoms. The number of benzene rings is 1. The number of hydrogen-bond acceptors (Lipinski definition) is 5. The second-order valence-corrected chi connectivity index (χ2v) is 4.00. The first-order valence-corrected chi connectivity index (χ1v) is 5.50. The smallest absolute Gasteiger partial charge is 0.203 e. The molecule has 0 saturated heterocycles. The highest BCUT2D eigenvalue weighted by Gasteiger charge is 2.19. The molecule has 0 aromatic heterocycles. The molecular weight excluding hydrogens is 234 g/mol. The molecule has 0 aliphatic rings. The zero-order valence-corrected chi connectivity index (χ0v) is 11.4. The SMILES string of the molecule is COc1cc(C(C=O)N(C)C)cc(OC)c1OC. The van der Waals surface area contributed by atoms with Crippen LogP contribution in [0.1, 0.15) is 11.6 Å². The van der Waals surface area contributed by atoms with Crippen LogP contribution in [0.3, 0.4) is 0 Å². The third-order valence-corrected chi connectivity index (χ3v) is 2.71. The number of nitrogens with zero attached hydrogens (tertiary/aromatic N) is 1. The third-order valence-electron chi connectivity index (χ3n) is 2.71. The van der Waals surface area contributed by atoms with Crippen molar-refractivity contribution in [1.29, 1.82) is 0 Å². The van der Waals surface area contributed by atoms with Crippen LogP contribution in [0.5, 0.6) is 17.2 Å². The first kappa shape index (κ1) is 14.3. The van der Waals surface area contributed by atoms with Gasteiger partial charge in [-0.05, 0) is 31.8 Å². The number of carbonyl (C=O) groups excluding carboxylic acids is 1. The summed E-state index contributed by atoms with van der Waals surface area (Å²) in [6.07, 6.45) is 0.876. The van der Waals surface area contributed by atoms with E-state index in [0.717, 1.165) is 11.8 Å². The van der Waals surface area contributed by atoms with Crippen LogP contribution in [0.4, 0.5) is 0 Å². The van der Waals surface area contributed by atoms with Crippen LogP contribution in [0, 0.1) is 0 Å². The Kier molecular flexibility index (Phi) is 4.97. The van der Waals surface area contributed by atoms with Crippen molar-refractivity contribution >= 4 is 6.29 Å². The summed E-state index contributed by atoms with van der Waals surface area (Å²) in [6.45, 7) is 0. The molecule has 0 fully saturated rings. The summed E-state index contributed by atoms with van der Waals surface area (Å²) in [7, 11) is 8.31. The summed E-state index contributed by atoms with van der Waals surface area (Å²) >= 11 is 0. The Morgan fingerprint density at radius 2 is 1.56 bits per heavy atom. The predicted octanol–water partition coefficient (Wildman–Crippen LogP) is 1.51. The van der Waals surface area contributed by atoms with E-state index in [2.05, 4.69) is 0 Å². The van der Waals surface area contributed by atoms with Crippen LogP contribution in [-0.2, 0) is 4.79 Å². The summed E-state index contributed by atoms with van der Waals surface area (Å²) < 4.78 is 15.7. The summed E-state index contributed by atoms with van der Waals surface area (Å²) in [6, 6.07) is 3.21. The zero-order chi connectivity index (χ0) is 13.7. The molecule has 0 spiro atoms. The van der Waals surface area contributed by atoms with Crippen molar-refractivity contribution in [3.8, 4) is 17.2 Å². The second-order valence-electron chi connectivity index (χ2n) is 4.00. The monoisotopic (exact) mass is 253 g/mol. The van der Waals surface area contributed by atoms with Crippen LogP contribution in [-0.4, -0.2) is 46.6 Å². The summed E-state index contributed by atoms with van der Waals surface area (Å²) in [5, 5.41) is 0. The van der Waals surface area contributed by atoms with E-state index in [1.807, 2.05) is 19.0 Å². The molecule has 0 aliphatic heterocycles. The number of methoxy groups -OCH3 is 3. The Balaban J connectivity index is 3.34. The van der Waals surface area contributed by atoms with Crippen molar-refractivity contribution in [3.63, 3.8) is 0 Å². The minimum Gasteiger partial charge on any atom is -0.493 e. The number of aldehydes is 1. The van der Waals surface area contributed by atoms with Crippen LogP contribution < -0.4 is 14.2 Å². The summed E-state index contributed by atoms with van der Waals surface area (Å²) in [5.41, 5.74) is 0.796. The number of carbonyl (C=O) groups is 1. The van der Waals surface area contributed by atoms with E-state index in [0.29, 0.717) is 17.2 Å². The Morgan fingerprint density at radius 3 is 1.83 bits per heavy atom. The van der Waals surface area contributed by atoms with Crippen molar-refractivity contribution < 1.29 is 19.0 Å². The Bertz CT molecular complexity index is 392. The molecule has 0 radical (unpaired) electrons. The lowest BCUT2D eigenvalue weighted by atomic mass is 10.1. The minimum absolute atomic E-state index is 0.348. The van der Waals surface area contributed by atoms with Crippen LogP contribution in [0.2, 0.25) is 0 Å². The molecule has 0 bridgehead atoms. The van der Waals surface area contributed by atoms with Gasteiger partial charge in [0.25, 0.3) is 0 Å². The van der Waals surface area contributed by atoms with Gasteiger partial charge in [-0.1, -0.05) is 0 Å². The molecule has 1 aromatic rings. The van der Waals surface area contributed by atoms with Gasteiger partial charge < -0.3 is 19.0 Å². The lowest BCUT2D eigenvalue weighted by Gasteiger charge is -2.21. The summed E-state index contributed by atoms with van der Waals surface area (Å²) in [5.74, 6) is 1.60. The Hall–Kier alpha value is -1.75. The van der Waals surface area contributed by atoms with Crippen molar-refractivity contribution in [2.75, 3.05) is 35.4 Å². The van der Waals surface area contributed by atoms with Gasteiger partial charge in [-0.3, -0.25) is 4.90 Å². The van der Waals surface area contributed by atoms with Gasteiger partial charge >= 0.3 is 0 Å². The van der Waals surface area contributed by atoms with Gasteiger partial charge in [0, 0.05) is 0 Å². The maximum Gasteiger partial charge on any atom is 0.203 e. The molecule has 0 N–H and O–H groups in total. The van der Waals surface area contributed by atoms with Crippen molar-refractivity contribution in [2.24, 2.45) is 0 Å². The van der Waals surface area contributed by atoms with Gasteiger partial charge in [0.1, 0.15) is 6.29 Å². The Labute approximate surface area is 107 Å². The van der Waals surface area contributed by atoms with Gasteiger partial charge in [0.15, 0.2) is 11.5 Å². The molecule has 100 valence electrons. The average molecular weight is 253 g/mol. The normalized spacial score (nSPS) is 12.1. The van der Waals surface area contributed by atoms with E-state index < -0.39 is 0 Å².